The van der Waals surface area contributed by atoms with Crippen molar-refractivity contribution >= 4 is 11.3 Å². The van der Waals surface area contributed by atoms with E-state index in [9.17, 15) is 0 Å². The quantitative estimate of drug-likeness (QED) is 0.797. The maximum absolute atomic E-state index is 5.81. The lowest BCUT2D eigenvalue weighted by atomic mass is 9.95. The molecular weight excluding hydrogens is 220 g/mol. The summed E-state index contributed by atoms with van der Waals surface area (Å²) >= 11 is 1.70. The summed E-state index contributed by atoms with van der Waals surface area (Å²) in [6.07, 6.45) is 2.79. The minimum absolute atomic E-state index is 0.156. The summed E-state index contributed by atoms with van der Waals surface area (Å²) in [6.45, 7) is 10.1. The lowest BCUT2D eigenvalue weighted by Gasteiger charge is -2.34. The van der Waals surface area contributed by atoms with Gasteiger partial charge in [-0.2, -0.15) is 0 Å². The van der Waals surface area contributed by atoms with E-state index >= 15 is 0 Å². The lowest BCUT2D eigenvalue weighted by molar-refractivity contribution is -0.0377. The zero-order chi connectivity index (χ0) is 12.0. The monoisotopic (exact) mass is 242 g/mol. The van der Waals surface area contributed by atoms with Crippen LogP contribution in [0.2, 0.25) is 0 Å². The van der Waals surface area contributed by atoms with Crippen molar-refractivity contribution in [1.82, 2.24) is 10.3 Å². The van der Waals surface area contributed by atoms with E-state index in [1.165, 1.54) is 5.01 Å². The summed E-state index contributed by atoms with van der Waals surface area (Å²) in [7, 11) is 0. The summed E-state index contributed by atoms with van der Waals surface area (Å²) in [5, 5.41) is 6.67. The Morgan fingerprint density at radius 2 is 2.25 bits per heavy atom. The van der Waals surface area contributed by atoms with Crippen LogP contribution in [0.5, 0.6) is 0 Å². The molecule has 1 unspecified atom stereocenters. The Morgan fingerprint density at radius 3 is 2.75 bits per heavy atom. The SMILES string of the molecule is CCNC(Cc1nccs1)C(C)(C)OCC. The first-order valence-electron chi connectivity index (χ1n) is 5.85. The van der Waals surface area contributed by atoms with Gasteiger partial charge in [-0.15, -0.1) is 11.3 Å². The Morgan fingerprint density at radius 1 is 1.50 bits per heavy atom. The van der Waals surface area contributed by atoms with Gasteiger partial charge < -0.3 is 10.1 Å². The first-order chi connectivity index (χ1) is 7.60. The highest BCUT2D eigenvalue weighted by Crippen LogP contribution is 2.19. The van der Waals surface area contributed by atoms with E-state index in [1.807, 2.05) is 18.5 Å². The molecule has 1 aromatic heterocycles. The third-order valence-corrected chi connectivity index (χ3v) is 3.47. The van der Waals surface area contributed by atoms with Crippen molar-refractivity contribution in [2.75, 3.05) is 13.2 Å². The maximum atomic E-state index is 5.81. The molecule has 16 heavy (non-hydrogen) atoms. The van der Waals surface area contributed by atoms with Crippen LogP contribution in [0.25, 0.3) is 0 Å². The molecule has 1 aromatic rings. The molecule has 4 heteroatoms. The Labute approximate surface area is 102 Å². The molecule has 0 saturated carbocycles. The van der Waals surface area contributed by atoms with Crippen molar-refractivity contribution in [1.29, 1.82) is 0 Å². The number of rotatable bonds is 7. The van der Waals surface area contributed by atoms with Crippen LogP contribution in [-0.2, 0) is 11.2 Å². The van der Waals surface area contributed by atoms with Gasteiger partial charge in [0.1, 0.15) is 0 Å². The van der Waals surface area contributed by atoms with Crippen molar-refractivity contribution in [2.24, 2.45) is 0 Å². The Bertz CT molecular complexity index is 285. The highest BCUT2D eigenvalue weighted by molar-refractivity contribution is 7.09. The number of hydrogen-bond donors (Lipinski definition) is 1. The molecule has 0 aliphatic heterocycles. The molecular formula is C12H22N2OS. The Hall–Kier alpha value is -0.450. The highest BCUT2D eigenvalue weighted by Gasteiger charge is 2.29. The van der Waals surface area contributed by atoms with Crippen LogP contribution in [-0.4, -0.2) is 29.8 Å². The third kappa shape index (κ3) is 3.85. The largest absolute Gasteiger partial charge is 0.374 e. The average Bonchev–Trinajstić information content (AvgIpc) is 2.69. The van der Waals surface area contributed by atoms with Crippen molar-refractivity contribution in [3.8, 4) is 0 Å². The fourth-order valence-corrected chi connectivity index (χ4v) is 2.47. The van der Waals surface area contributed by atoms with E-state index in [4.69, 9.17) is 4.74 Å². The minimum atomic E-state index is -0.156. The van der Waals surface area contributed by atoms with Gasteiger partial charge in [-0.05, 0) is 27.3 Å². The number of aromatic nitrogens is 1. The number of nitrogens with one attached hydrogen (secondary N) is 1. The molecule has 0 aliphatic rings. The van der Waals surface area contributed by atoms with Gasteiger partial charge in [-0.25, -0.2) is 4.98 Å². The molecule has 1 rings (SSSR count). The van der Waals surface area contributed by atoms with Crippen LogP contribution in [0.15, 0.2) is 11.6 Å². The van der Waals surface area contributed by atoms with Crippen LogP contribution in [0.1, 0.15) is 32.7 Å². The van der Waals surface area contributed by atoms with Crippen molar-refractivity contribution in [3.63, 3.8) is 0 Å². The van der Waals surface area contributed by atoms with E-state index in [0.717, 1.165) is 19.6 Å². The van der Waals surface area contributed by atoms with E-state index in [0.29, 0.717) is 6.04 Å². The number of nitrogens with zero attached hydrogens (tertiary/aromatic N) is 1. The fraction of sp³-hybridized carbons (Fsp3) is 0.750. The molecule has 92 valence electrons. The van der Waals surface area contributed by atoms with Crippen molar-refractivity contribution in [2.45, 2.75) is 45.8 Å². The van der Waals surface area contributed by atoms with E-state index < -0.39 is 0 Å². The van der Waals surface area contributed by atoms with Gasteiger partial charge in [0.25, 0.3) is 0 Å². The second-order valence-electron chi connectivity index (χ2n) is 4.28. The van der Waals surface area contributed by atoms with Gasteiger partial charge in [0.05, 0.1) is 10.6 Å². The topological polar surface area (TPSA) is 34.2 Å². The molecule has 0 radical (unpaired) electrons. The molecule has 0 aliphatic carbocycles. The predicted molar refractivity (Wildman–Crippen MR) is 69.0 cm³/mol. The Balaban J connectivity index is 2.66. The number of ether oxygens (including phenoxy) is 1. The minimum Gasteiger partial charge on any atom is -0.374 e. The highest BCUT2D eigenvalue weighted by atomic mass is 32.1. The van der Waals surface area contributed by atoms with Gasteiger partial charge in [0, 0.05) is 30.6 Å². The van der Waals surface area contributed by atoms with Crippen LogP contribution in [0, 0.1) is 0 Å². The zero-order valence-electron chi connectivity index (χ0n) is 10.6. The second-order valence-corrected chi connectivity index (χ2v) is 5.26. The number of thiazole rings is 1. The molecule has 3 nitrogen and oxygen atoms in total. The first-order valence-corrected chi connectivity index (χ1v) is 6.73. The lowest BCUT2D eigenvalue weighted by Crippen LogP contribution is -2.50. The number of likely N-dealkylation sites (N-methyl/N-ethyl adjacent to an activating group) is 1. The Kier molecular flexibility index (Phi) is 5.38. The van der Waals surface area contributed by atoms with E-state index in [-0.39, 0.29) is 5.60 Å². The maximum Gasteiger partial charge on any atom is 0.0941 e. The van der Waals surface area contributed by atoms with Crippen LogP contribution in [0.3, 0.4) is 0 Å². The van der Waals surface area contributed by atoms with Gasteiger partial charge >= 0.3 is 0 Å². The molecule has 0 saturated heterocycles. The summed E-state index contributed by atoms with van der Waals surface area (Å²) in [5.74, 6) is 0. The van der Waals surface area contributed by atoms with E-state index in [1.54, 1.807) is 11.3 Å². The summed E-state index contributed by atoms with van der Waals surface area (Å²) < 4.78 is 5.81. The number of hydrogen-bond acceptors (Lipinski definition) is 4. The summed E-state index contributed by atoms with van der Waals surface area (Å²) in [6, 6.07) is 0.309. The standard InChI is InChI=1S/C12H22N2OS/c1-5-13-10(12(3,4)15-6-2)9-11-14-7-8-16-11/h7-8,10,13H,5-6,9H2,1-4H3. The normalized spacial score (nSPS) is 14.0. The molecule has 0 amide bonds. The van der Waals surface area contributed by atoms with Crippen LogP contribution in [0.4, 0.5) is 0 Å². The van der Waals surface area contributed by atoms with Gasteiger partial charge in [0.15, 0.2) is 0 Å². The second kappa shape index (κ2) is 6.33. The molecule has 1 atom stereocenters. The molecule has 0 aromatic carbocycles. The summed E-state index contributed by atoms with van der Waals surface area (Å²) in [4.78, 5) is 4.33. The molecule has 0 fully saturated rings. The first kappa shape index (κ1) is 13.6. The van der Waals surface area contributed by atoms with Crippen molar-refractivity contribution in [3.05, 3.63) is 16.6 Å². The van der Waals surface area contributed by atoms with Gasteiger partial charge in [0.2, 0.25) is 0 Å². The molecule has 1 heterocycles. The fourth-order valence-electron chi connectivity index (χ4n) is 1.81. The van der Waals surface area contributed by atoms with Gasteiger partial charge in [-0.3, -0.25) is 0 Å². The van der Waals surface area contributed by atoms with E-state index in [2.05, 4.69) is 31.1 Å². The smallest absolute Gasteiger partial charge is 0.0941 e. The summed E-state index contributed by atoms with van der Waals surface area (Å²) in [5.41, 5.74) is -0.156. The molecule has 0 spiro atoms. The van der Waals surface area contributed by atoms with Crippen LogP contribution >= 0.6 is 11.3 Å². The molecule has 1 N–H and O–H groups in total. The third-order valence-electron chi connectivity index (χ3n) is 2.67. The van der Waals surface area contributed by atoms with Gasteiger partial charge in [-0.1, -0.05) is 6.92 Å². The van der Waals surface area contributed by atoms with Crippen LogP contribution < -0.4 is 5.32 Å². The molecule has 0 bridgehead atoms. The predicted octanol–water partition coefficient (Wildman–Crippen LogP) is 2.48. The van der Waals surface area contributed by atoms with Crippen molar-refractivity contribution < 1.29 is 4.74 Å². The zero-order valence-corrected chi connectivity index (χ0v) is 11.4. The average molecular weight is 242 g/mol.